The molecule has 2 rings (SSSR count). The van der Waals surface area contributed by atoms with Gasteiger partial charge in [-0.1, -0.05) is 35.3 Å². The minimum Gasteiger partial charge on any atom is -0.495 e. The Morgan fingerprint density at radius 3 is 2.58 bits per heavy atom. The number of aliphatic hydroxyl groups is 1. The number of nitrogens with two attached hydrogens (primary N) is 1. The van der Waals surface area contributed by atoms with E-state index in [1.54, 1.807) is 36.4 Å². The molecular formula is C14H13Cl2NO2. The van der Waals surface area contributed by atoms with E-state index >= 15 is 0 Å². The number of hydrogen-bond donors (Lipinski definition) is 2. The molecule has 0 amide bonds. The Hall–Kier alpha value is -1.42. The largest absolute Gasteiger partial charge is 0.495 e. The number of rotatable bonds is 3. The molecule has 0 saturated heterocycles. The van der Waals surface area contributed by atoms with Crippen LogP contribution in [-0.2, 0) is 0 Å². The van der Waals surface area contributed by atoms with E-state index in [0.29, 0.717) is 32.6 Å². The average Bonchev–Trinajstić information content (AvgIpc) is 2.41. The maximum atomic E-state index is 10.4. The van der Waals surface area contributed by atoms with Crippen molar-refractivity contribution < 1.29 is 9.84 Å². The van der Waals surface area contributed by atoms with E-state index in [1.807, 2.05) is 0 Å². The highest BCUT2D eigenvalue weighted by Crippen LogP contribution is 2.36. The zero-order valence-corrected chi connectivity index (χ0v) is 11.7. The fourth-order valence-electron chi connectivity index (χ4n) is 1.85. The Morgan fingerprint density at radius 1 is 1.16 bits per heavy atom. The van der Waals surface area contributed by atoms with E-state index in [4.69, 9.17) is 33.7 Å². The van der Waals surface area contributed by atoms with Crippen LogP contribution < -0.4 is 10.5 Å². The summed E-state index contributed by atoms with van der Waals surface area (Å²) >= 11 is 12.1. The van der Waals surface area contributed by atoms with E-state index in [2.05, 4.69) is 0 Å². The molecule has 0 spiro atoms. The molecule has 2 aromatic carbocycles. The lowest BCUT2D eigenvalue weighted by Gasteiger charge is -2.17. The van der Waals surface area contributed by atoms with Crippen LogP contribution in [0.5, 0.6) is 5.75 Å². The van der Waals surface area contributed by atoms with Gasteiger partial charge in [0.1, 0.15) is 11.9 Å². The van der Waals surface area contributed by atoms with Gasteiger partial charge in [0.25, 0.3) is 0 Å². The van der Waals surface area contributed by atoms with Gasteiger partial charge < -0.3 is 15.6 Å². The van der Waals surface area contributed by atoms with Gasteiger partial charge in [0, 0.05) is 21.8 Å². The summed E-state index contributed by atoms with van der Waals surface area (Å²) in [5.74, 6) is 0.499. The highest BCUT2D eigenvalue weighted by atomic mass is 35.5. The lowest BCUT2D eigenvalue weighted by molar-refractivity contribution is 0.220. The summed E-state index contributed by atoms with van der Waals surface area (Å²) < 4.78 is 5.13. The van der Waals surface area contributed by atoms with Crippen LogP contribution in [0.1, 0.15) is 17.2 Å². The summed E-state index contributed by atoms with van der Waals surface area (Å²) in [5, 5.41) is 11.3. The normalized spacial score (nSPS) is 12.2. The number of benzene rings is 2. The first kappa shape index (κ1) is 14.0. The molecule has 3 N–H and O–H groups in total. The van der Waals surface area contributed by atoms with Crippen LogP contribution >= 0.6 is 23.2 Å². The zero-order valence-electron chi connectivity index (χ0n) is 10.2. The van der Waals surface area contributed by atoms with Crippen LogP contribution in [0.2, 0.25) is 10.0 Å². The highest BCUT2D eigenvalue weighted by Gasteiger charge is 2.18. The number of aliphatic hydroxyl groups excluding tert-OH is 1. The molecule has 2 aromatic rings. The molecule has 0 saturated carbocycles. The molecule has 0 aromatic heterocycles. The van der Waals surface area contributed by atoms with E-state index in [0.717, 1.165) is 0 Å². The fourth-order valence-corrected chi connectivity index (χ4v) is 2.33. The monoisotopic (exact) mass is 297 g/mol. The van der Waals surface area contributed by atoms with E-state index in [-0.39, 0.29) is 0 Å². The third kappa shape index (κ3) is 2.78. The maximum Gasteiger partial charge on any atom is 0.137 e. The van der Waals surface area contributed by atoms with Gasteiger partial charge in [0.05, 0.1) is 12.1 Å². The minimum absolute atomic E-state index is 0.358. The van der Waals surface area contributed by atoms with Gasteiger partial charge in [-0.15, -0.1) is 0 Å². The molecule has 0 unspecified atom stereocenters. The molecule has 0 aliphatic carbocycles. The lowest BCUT2D eigenvalue weighted by Crippen LogP contribution is -2.05. The topological polar surface area (TPSA) is 55.5 Å². The van der Waals surface area contributed by atoms with Gasteiger partial charge in [0.2, 0.25) is 0 Å². The summed E-state index contributed by atoms with van der Waals surface area (Å²) in [5.41, 5.74) is 7.35. The molecule has 0 aliphatic heterocycles. The number of ether oxygens (including phenoxy) is 1. The van der Waals surface area contributed by atoms with Crippen LogP contribution in [0, 0.1) is 0 Å². The third-order valence-electron chi connectivity index (χ3n) is 2.85. The molecule has 1 atom stereocenters. The molecule has 100 valence electrons. The van der Waals surface area contributed by atoms with Crippen molar-refractivity contribution in [1.82, 2.24) is 0 Å². The Labute approximate surface area is 121 Å². The fraction of sp³-hybridized carbons (Fsp3) is 0.143. The van der Waals surface area contributed by atoms with Crippen molar-refractivity contribution in [1.29, 1.82) is 0 Å². The Balaban J connectivity index is 2.50. The van der Waals surface area contributed by atoms with E-state index in [1.165, 1.54) is 7.11 Å². The molecule has 0 radical (unpaired) electrons. The van der Waals surface area contributed by atoms with Gasteiger partial charge in [-0.05, 0) is 24.3 Å². The Morgan fingerprint density at radius 2 is 1.89 bits per heavy atom. The van der Waals surface area contributed by atoms with E-state index in [9.17, 15) is 5.11 Å². The smallest absolute Gasteiger partial charge is 0.137 e. The predicted molar refractivity (Wildman–Crippen MR) is 77.9 cm³/mol. The molecule has 5 heteroatoms. The van der Waals surface area contributed by atoms with Crippen molar-refractivity contribution in [2.75, 3.05) is 12.8 Å². The standard InChI is InChI=1S/C14H13Cl2NO2/c1-19-12-4-2-3-9(13(12)16)14(18)10-7-8(15)5-6-11(10)17/h2-7,14,18H,17H2,1H3/t14-/m0/s1. The summed E-state index contributed by atoms with van der Waals surface area (Å²) in [6, 6.07) is 10.1. The van der Waals surface area contributed by atoms with Crippen LogP contribution in [0.15, 0.2) is 36.4 Å². The van der Waals surface area contributed by atoms with Gasteiger partial charge in [-0.2, -0.15) is 0 Å². The van der Waals surface area contributed by atoms with Gasteiger partial charge in [-0.3, -0.25) is 0 Å². The second-order valence-corrected chi connectivity index (χ2v) is 4.85. The zero-order chi connectivity index (χ0) is 14.0. The van der Waals surface area contributed by atoms with Crippen molar-refractivity contribution in [2.45, 2.75) is 6.10 Å². The maximum absolute atomic E-state index is 10.4. The number of methoxy groups -OCH3 is 1. The van der Waals surface area contributed by atoms with Crippen molar-refractivity contribution in [2.24, 2.45) is 0 Å². The Bertz CT molecular complexity index is 602. The molecule has 19 heavy (non-hydrogen) atoms. The van der Waals surface area contributed by atoms with Crippen LogP contribution in [0.25, 0.3) is 0 Å². The molecular weight excluding hydrogens is 285 g/mol. The number of halogens is 2. The lowest BCUT2D eigenvalue weighted by atomic mass is 10.00. The van der Waals surface area contributed by atoms with Crippen molar-refractivity contribution in [3.8, 4) is 5.75 Å². The van der Waals surface area contributed by atoms with Gasteiger partial charge in [-0.25, -0.2) is 0 Å². The van der Waals surface area contributed by atoms with E-state index < -0.39 is 6.10 Å². The molecule has 0 fully saturated rings. The molecule has 0 bridgehead atoms. The van der Waals surface area contributed by atoms with Crippen LogP contribution in [0.3, 0.4) is 0 Å². The number of anilines is 1. The first-order chi connectivity index (χ1) is 9.04. The minimum atomic E-state index is -0.957. The van der Waals surface area contributed by atoms with Crippen molar-refractivity contribution in [3.63, 3.8) is 0 Å². The number of nitrogen functional groups attached to an aromatic ring is 1. The van der Waals surface area contributed by atoms with Crippen LogP contribution in [0.4, 0.5) is 5.69 Å². The second-order valence-electron chi connectivity index (χ2n) is 4.04. The summed E-state index contributed by atoms with van der Waals surface area (Å²) in [6.07, 6.45) is -0.957. The van der Waals surface area contributed by atoms with Crippen molar-refractivity contribution in [3.05, 3.63) is 57.6 Å². The number of hydrogen-bond acceptors (Lipinski definition) is 3. The Kier molecular flexibility index (Phi) is 4.20. The highest BCUT2D eigenvalue weighted by molar-refractivity contribution is 6.33. The van der Waals surface area contributed by atoms with Crippen molar-refractivity contribution >= 4 is 28.9 Å². The second kappa shape index (κ2) is 5.70. The summed E-state index contributed by atoms with van der Waals surface area (Å²) in [6.45, 7) is 0. The molecule has 0 aliphatic rings. The summed E-state index contributed by atoms with van der Waals surface area (Å²) in [7, 11) is 1.52. The molecule has 0 heterocycles. The molecule has 3 nitrogen and oxygen atoms in total. The summed E-state index contributed by atoms with van der Waals surface area (Å²) in [4.78, 5) is 0. The SMILES string of the molecule is COc1cccc([C@H](O)c2cc(Cl)ccc2N)c1Cl. The van der Waals surface area contributed by atoms with Gasteiger partial charge >= 0.3 is 0 Å². The first-order valence-electron chi connectivity index (χ1n) is 5.60. The third-order valence-corrected chi connectivity index (χ3v) is 3.49. The average molecular weight is 298 g/mol. The van der Waals surface area contributed by atoms with Crippen LogP contribution in [-0.4, -0.2) is 12.2 Å². The predicted octanol–water partition coefficient (Wildman–Crippen LogP) is 3.67. The quantitative estimate of drug-likeness (QED) is 0.850. The van der Waals surface area contributed by atoms with Gasteiger partial charge in [0.15, 0.2) is 0 Å². The first-order valence-corrected chi connectivity index (χ1v) is 6.35.